The third-order valence-corrected chi connectivity index (χ3v) is 4.77. The molecule has 0 saturated carbocycles. The van der Waals surface area contributed by atoms with Crippen molar-refractivity contribution in [3.8, 4) is 0 Å². The molecule has 124 valence electrons. The van der Waals surface area contributed by atoms with Crippen molar-refractivity contribution < 1.29 is 5.11 Å². The summed E-state index contributed by atoms with van der Waals surface area (Å²) in [5, 5.41) is 15.8. The number of anilines is 2. The molecule has 1 aliphatic carbocycles. The Kier molecular flexibility index (Phi) is 4.95. The van der Waals surface area contributed by atoms with Gasteiger partial charge in [-0.1, -0.05) is 41.4 Å². The van der Waals surface area contributed by atoms with Crippen LogP contribution in [0.3, 0.4) is 0 Å². The van der Waals surface area contributed by atoms with Crippen LogP contribution >= 0.6 is 23.2 Å². The van der Waals surface area contributed by atoms with Gasteiger partial charge in [0.1, 0.15) is 5.82 Å². The van der Waals surface area contributed by atoms with Crippen molar-refractivity contribution in [2.45, 2.75) is 18.9 Å². The maximum Gasteiger partial charge on any atom is 0.136 e. The molecule has 1 aromatic carbocycles. The minimum Gasteiger partial charge on any atom is -0.385 e. The Labute approximate surface area is 151 Å². The molecule has 0 amide bonds. The van der Waals surface area contributed by atoms with E-state index in [1.807, 2.05) is 42.5 Å². The van der Waals surface area contributed by atoms with Crippen LogP contribution in [0.25, 0.3) is 0 Å². The fourth-order valence-electron chi connectivity index (χ4n) is 2.79. The number of allylic oxidation sites excluding steroid dienone is 3. The molecule has 2 N–H and O–H groups in total. The Morgan fingerprint density at radius 2 is 1.96 bits per heavy atom. The third-order valence-electron chi connectivity index (χ3n) is 4.24. The second-order valence-corrected chi connectivity index (χ2v) is 6.84. The molecule has 1 heterocycles. The van der Waals surface area contributed by atoms with Crippen LogP contribution in [-0.2, 0) is 5.60 Å². The molecule has 0 bridgehead atoms. The lowest BCUT2D eigenvalue weighted by atomic mass is 9.79. The SMILES string of the molecule is CC(O)(c1cccnc1Nc1ccc(Cl)cc1)C1C=CC(Cl)=CC1. The molecule has 0 fully saturated rings. The molecule has 0 spiro atoms. The van der Waals surface area contributed by atoms with Crippen LogP contribution in [0.1, 0.15) is 18.9 Å². The number of hydrogen-bond acceptors (Lipinski definition) is 3. The summed E-state index contributed by atoms with van der Waals surface area (Å²) in [5.74, 6) is 0.550. The Bertz CT molecular complexity index is 782. The summed E-state index contributed by atoms with van der Waals surface area (Å²) in [7, 11) is 0. The molecule has 3 nitrogen and oxygen atoms in total. The second kappa shape index (κ2) is 6.98. The zero-order chi connectivity index (χ0) is 17.2. The fraction of sp³-hybridized carbons (Fsp3) is 0.211. The zero-order valence-electron chi connectivity index (χ0n) is 13.2. The first-order valence-electron chi connectivity index (χ1n) is 7.71. The number of nitrogens with zero attached hydrogens (tertiary/aromatic N) is 1. The van der Waals surface area contributed by atoms with E-state index in [2.05, 4.69) is 10.3 Å². The summed E-state index contributed by atoms with van der Waals surface area (Å²) in [4.78, 5) is 4.40. The van der Waals surface area contributed by atoms with Gasteiger partial charge in [-0.2, -0.15) is 0 Å². The molecule has 2 unspecified atom stereocenters. The number of rotatable bonds is 4. The smallest absolute Gasteiger partial charge is 0.136 e. The third kappa shape index (κ3) is 3.64. The number of halogens is 2. The molecular formula is C19H18Cl2N2O. The average molecular weight is 361 g/mol. The number of pyridine rings is 1. The van der Waals surface area contributed by atoms with E-state index in [0.717, 1.165) is 11.3 Å². The molecular weight excluding hydrogens is 343 g/mol. The van der Waals surface area contributed by atoms with Gasteiger partial charge in [0.15, 0.2) is 0 Å². The first-order chi connectivity index (χ1) is 11.5. The quantitative estimate of drug-likeness (QED) is 0.768. The highest BCUT2D eigenvalue weighted by Gasteiger charge is 2.34. The normalized spacial score (nSPS) is 19.5. The Hall–Kier alpha value is -1.81. The Balaban J connectivity index is 1.91. The van der Waals surface area contributed by atoms with Crippen LogP contribution in [-0.4, -0.2) is 10.1 Å². The van der Waals surface area contributed by atoms with Crippen LogP contribution in [0.4, 0.5) is 11.5 Å². The van der Waals surface area contributed by atoms with Crippen molar-refractivity contribution >= 4 is 34.7 Å². The number of benzene rings is 1. The summed E-state index contributed by atoms with van der Waals surface area (Å²) in [6.07, 6.45) is 8.07. The van der Waals surface area contributed by atoms with Gasteiger partial charge in [0, 0.05) is 33.4 Å². The molecule has 24 heavy (non-hydrogen) atoms. The highest BCUT2D eigenvalue weighted by Crippen LogP contribution is 2.39. The molecule has 0 aliphatic heterocycles. The largest absolute Gasteiger partial charge is 0.385 e. The Morgan fingerprint density at radius 3 is 2.62 bits per heavy atom. The molecule has 0 radical (unpaired) electrons. The summed E-state index contributed by atoms with van der Waals surface area (Å²) >= 11 is 11.9. The number of nitrogens with one attached hydrogen (secondary N) is 1. The van der Waals surface area contributed by atoms with Crippen molar-refractivity contribution in [3.05, 3.63) is 76.4 Å². The minimum absolute atomic E-state index is 0.0741. The molecule has 0 saturated heterocycles. The first-order valence-corrected chi connectivity index (χ1v) is 8.47. The fourth-order valence-corrected chi connectivity index (χ4v) is 3.08. The zero-order valence-corrected chi connectivity index (χ0v) is 14.7. The van der Waals surface area contributed by atoms with Crippen molar-refractivity contribution in [1.82, 2.24) is 4.98 Å². The average Bonchev–Trinajstić information content (AvgIpc) is 2.58. The van der Waals surface area contributed by atoms with Crippen molar-refractivity contribution in [3.63, 3.8) is 0 Å². The molecule has 3 rings (SSSR count). The van der Waals surface area contributed by atoms with E-state index in [1.54, 1.807) is 25.3 Å². The van der Waals surface area contributed by atoms with Crippen LogP contribution in [0.2, 0.25) is 5.02 Å². The second-order valence-electron chi connectivity index (χ2n) is 5.97. The predicted octanol–water partition coefficient (Wildman–Crippen LogP) is 5.38. The van der Waals surface area contributed by atoms with E-state index in [1.165, 1.54) is 0 Å². The van der Waals surface area contributed by atoms with Gasteiger partial charge in [-0.3, -0.25) is 0 Å². The van der Waals surface area contributed by atoms with Crippen LogP contribution in [0.15, 0.2) is 65.9 Å². The monoisotopic (exact) mass is 360 g/mol. The lowest BCUT2D eigenvalue weighted by Crippen LogP contribution is -2.32. The molecule has 2 aromatic rings. The maximum atomic E-state index is 11.2. The van der Waals surface area contributed by atoms with Gasteiger partial charge in [-0.05, 0) is 49.8 Å². The van der Waals surface area contributed by atoms with Crippen LogP contribution in [0.5, 0.6) is 0 Å². The standard InChI is InChI=1S/C19H18Cl2N2O/c1-19(24,13-4-6-14(20)7-5-13)17-3-2-12-22-18(17)23-16-10-8-15(21)9-11-16/h2-4,6-13,24H,5H2,1H3,(H,22,23). The van der Waals surface area contributed by atoms with E-state index < -0.39 is 5.60 Å². The summed E-state index contributed by atoms with van der Waals surface area (Å²) in [5.41, 5.74) is 0.520. The van der Waals surface area contributed by atoms with Crippen molar-refractivity contribution in [2.24, 2.45) is 5.92 Å². The Morgan fingerprint density at radius 1 is 1.21 bits per heavy atom. The lowest BCUT2D eigenvalue weighted by Gasteiger charge is -2.33. The van der Waals surface area contributed by atoms with Gasteiger partial charge < -0.3 is 10.4 Å². The van der Waals surface area contributed by atoms with Gasteiger partial charge in [-0.15, -0.1) is 0 Å². The van der Waals surface area contributed by atoms with E-state index >= 15 is 0 Å². The molecule has 2 atom stereocenters. The summed E-state index contributed by atoms with van der Waals surface area (Å²) in [6, 6.07) is 11.1. The van der Waals surface area contributed by atoms with Gasteiger partial charge in [0.05, 0.1) is 5.60 Å². The number of aromatic nitrogens is 1. The van der Waals surface area contributed by atoms with Crippen LogP contribution in [0, 0.1) is 5.92 Å². The highest BCUT2D eigenvalue weighted by molar-refractivity contribution is 6.31. The number of hydrogen-bond donors (Lipinski definition) is 2. The number of aliphatic hydroxyl groups is 1. The molecule has 1 aliphatic rings. The summed E-state index contributed by atoms with van der Waals surface area (Å²) in [6.45, 7) is 1.80. The van der Waals surface area contributed by atoms with E-state index in [9.17, 15) is 5.11 Å². The van der Waals surface area contributed by atoms with Gasteiger partial charge >= 0.3 is 0 Å². The predicted molar refractivity (Wildman–Crippen MR) is 99.7 cm³/mol. The lowest BCUT2D eigenvalue weighted by molar-refractivity contribution is 0.0145. The summed E-state index contributed by atoms with van der Waals surface area (Å²) < 4.78 is 0. The first kappa shape index (κ1) is 17.0. The van der Waals surface area contributed by atoms with E-state index in [4.69, 9.17) is 23.2 Å². The van der Waals surface area contributed by atoms with E-state index in [-0.39, 0.29) is 5.92 Å². The van der Waals surface area contributed by atoms with Gasteiger partial charge in [-0.25, -0.2) is 4.98 Å². The topological polar surface area (TPSA) is 45.2 Å². The van der Waals surface area contributed by atoms with E-state index in [0.29, 0.717) is 22.3 Å². The van der Waals surface area contributed by atoms with Crippen molar-refractivity contribution in [2.75, 3.05) is 5.32 Å². The highest BCUT2D eigenvalue weighted by atomic mass is 35.5. The molecule has 5 heteroatoms. The molecule has 1 aromatic heterocycles. The minimum atomic E-state index is -1.08. The maximum absolute atomic E-state index is 11.2. The van der Waals surface area contributed by atoms with Crippen LogP contribution < -0.4 is 5.32 Å². The van der Waals surface area contributed by atoms with Gasteiger partial charge in [0.25, 0.3) is 0 Å². The van der Waals surface area contributed by atoms with Crippen molar-refractivity contribution in [1.29, 1.82) is 0 Å². The van der Waals surface area contributed by atoms with Gasteiger partial charge in [0.2, 0.25) is 0 Å².